The van der Waals surface area contributed by atoms with Crippen molar-refractivity contribution in [2.45, 2.75) is 25.7 Å². The smallest absolute Gasteiger partial charge is 0.257 e. The fourth-order valence-electron chi connectivity index (χ4n) is 4.00. The SMILES string of the molecule is O=C(c1ccoc1)N1CCN(c2ncnc3sc4c(c23)CCCC4)CC1. The van der Waals surface area contributed by atoms with Crippen LogP contribution >= 0.6 is 11.3 Å². The molecule has 1 aliphatic carbocycles. The lowest BCUT2D eigenvalue weighted by atomic mass is 9.97. The predicted molar refractivity (Wildman–Crippen MR) is 101 cm³/mol. The lowest BCUT2D eigenvalue weighted by Gasteiger charge is -2.35. The Bertz CT molecular complexity index is 942. The van der Waals surface area contributed by atoms with Gasteiger partial charge in [0, 0.05) is 31.1 Å². The zero-order chi connectivity index (χ0) is 17.5. The van der Waals surface area contributed by atoms with Gasteiger partial charge >= 0.3 is 0 Å². The second-order valence-corrected chi connectivity index (χ2v) is 7.96. The highest BCUT2D eigenvalue weighted by atomic mass is 32.1. The minimum atomic E-state index is 0.0409. The molecule has 1 amide bonds. The lowest BCUT2D eigenvalue weighted by Crippen LogP contribution is -2.49. The maximum Gasteiger partial charge on any atom is 0.257 e. The lowest BCUT2D eigenvalue weighted by molar-refractivity contribution is 0.0746. The summed E-state index contributed by atoms with van der Waals surface area (Å²) in [5.41, 5.74) is 2.08. The van der Waals surface area contributed by atoms with Gasteiger partial charge in [0.25, 0.3) is 5.91 Å². The van der Waals surface area contributed by atoms with Gasteiger partial charge in [-0.3, -0.25) is 4.79 Å². The highest BCUT2D eigenvalue weighted by molar-refractivity contribution is 7.19. The van der Waals surface area contributed by atoms with E-state index in [9.17, 15) is 4.79 Å². The molecule has 0 atom stereocenters. The molecule has 1 aliphatic heterocycles. The first-order valence-electron chi connectivity index (χ1n) is 9.13. The highest BCUT2D eigenvalue weighted by Gasteiger charge is 2.27. The van der Waals surface area contributed by atoms with Crippen LogP contribution in [-0.2, 0) is 12.8 Å². The average Bonchev–Trinajstić information content (AvgIpc) is 3.35. The first-order valence-corrected chi connectivity index (χ1v) is 9.94. The molecule has 26 heavy (non-hydrogen) atoms. The van der Waals surface area contributed by atoms with Crippen LogP contribution in [0.1, 0.15) is 33.6 Å². The minimum absolute atomic E-state index is 0.0409. The summed E-state index contributed by atoms with van der Waals surface area (Å²) in [7, 11) is 0. The van der Waals surface area contributed by atoms with E-state index in [0.717, 1.165) is 30.2 Å². The molecular formula is C19H20N4O2S. The number of furan rings is 1. The van der Waals surface area contributed by atoms with E-state index in [1.807, 2.05) is 16.2 Å². The Morgan fingerprint density at radius 2 is 1.96 bits per heavy atom. The number of piperazine rings is 1. The average molecular weight is 368 g/mol. The Morgan fingerprint density at radius 1 is 1.12 bits per heavy atom. The van der Waals surface area contributed by atoms with Gasteiger partial charge in [-0.05, 0) is 37.3 Å². The number of hydrogen-bond donors (Lipinski definition) is 0. The summed E-state index contributed by atoms with van der Waals surface area (Å²) in [6.45, 7) is 2.98. The monoisotopic (exact) mass is 368 g/mol. The molecule has 0 bridgehead atoms. The zero-order valence-corrected chi connectivity index (χ0v) is 15.3. The van der Waals surface area contributed by atoms with E-state index in [1.54, 1.807) is 18.7 Å². The molecule has 1 fully saturated rings. The van der Waals surface area contributed by atoms with Crippen LogP contribution in [0.25, 0.3) is 10.2 Å². The highest BCUT2D eigenvalue weighted by Crippen LogP contribution is 2.39. The van der Waals surface area contributed by atoms with Crippen LogP contribution in [0.2, 0.25) is 0 Å². The molecule has 3 aromatic heterocycles. The van der Waals surface area contributed by atoms with Gasteiger partial charge in [0.05, 0.1) is 17.2 Å². The largest absolute Gasteiger partial charge is 0.472 e. The van der Waals surface area contributed by atoms with E-state index >= 15 is 0 Å². The number of amides is 1. The van der Waals surface area contributed by atoms with Gasteiger partial charge in [-0.25, -0.2) is 9.97 Å². The molecule has 3 aromatic rings. The molecule has 0 saturated carbocycles. The van der Waals surface area contributed by atoms with Crippen molar-refractivity contribution < 1.29 is 9.21 Å². The van der Waals surface area contributed by atoms with Crippen molar-refractivity contribution in [2.24, 2.45) is 0 Å². The van der Waals surface area contributed by atoms with Crippen LogP contribution in [0.15, 0.2) is 29.3 Å². The van der Waals surface area contributed by atoms with E-state index < -0.39 is 0 Å². The third-order valence-electron chi connectivity index (χ3n) is 5.37. The second kappa shape index (κ2) is 6.39. The Labute approximate surface area is 155 Å². The van der Waals surface area contributed by atoms with Gasteiger partial charge in [-0.15, -0.1) is 11.3 Å². The van der Waals surface area contributed by atoms with E-state index in [2.05, 4.69) is 14.9 Å². The molecule has 5 rings (SSSR count). The first kappa shape index (κ1) is 15.8. The number of hydrogen-bond acceptors (Lipinski definition) is 6. The molecular weight excluding hydrogens is 348 g/mol. The number of aryl methyl sites for hydroxylation is 2. The summed E-state index contributed by atoms with van der Waals surface area (Å²) in [5.74, 6) is 1.09. The molecule has 0 unspecified atom stereocenters. The van der Waals surface area contributed by atoms with Gasteiger partial charge in [0.15, 0.2) is 0 Å². The Morgan fingerprint density at radius 3 is 2.77 bits per heavy atom. The van der Waals surface area contributed by atoms with E-state index in [1.165, 1.54) is 41.4 Å². The fraction of sp³-hybridized carbons (Fsp3) is 0.421. The normalized spacial score (nSPS) is 17.5. The number of anilines is 1. The summed E-state index contributed by atoms with van der Waals surface area (Å²) in [4.78, 5) is 28.4. The second-order valence-electron chi connectivity index (χ2n) is 6.88. The summed E-state index contributed by atoms with van der Waals surface area (Å²) in [5, 5.41) is 1.25. The van der Waals surface area contributed by atoms with Crippen molar-refractivity contribution in [1.82, 2.24) is 14.9 Å². The number of carbonyl (C=O) groups is 1. The first-order chi connectivity index (χ1) is 12.8. The molecule has 4 heterocycles. The quantitative estimate of drug-likeness (QED) is 0.695. The summed E-state index contributed by atoms with van der Waals surface area (Å²) in [6, 6.07) is 1.72. The van der Waals surface area contributed by atoms with Crippen LogP contribution in [-0.4, -0.2) is 47.0 Å². The van der Waals surface area contributed by atoms with E-state index in [-0.39, 0.29) is 5.91 Å². The molecule has 1 saturated heterocycles. The number of nitrogens with zero attached hydrogens (tertiary/aromatic N) is 4. The third-order valence-corrected chi connectivity index (χ3v) is 6.57. The van der Waals surface area contributed by atoms with E-state index in [0.29, 0.717) is 18.7 Å². The molecule has 0 N–H and O–H groups in total. The van der Waals surface area contributed by atoms with Crippen LogP contribution < -0.4 is 4.90 Å². The topological polar surface area (TPSA) is 62.5 Å². The van der Waals surface area contributed by atoms with Gasteiger partial charge in [0.2, 0.25) is 0 Å². The number of rotatable bonds is 2. The fourth-order valence-corrected chi connectivity index (χ4v) is 5.23. The maximum absolute atomic E-state index is 12.5. The number of fused-ring (bicyclic) bond motifs is 3. The molecule has 7 heteroatoms. The summed E-state index contributed by atoms with van der Waals surface area (Å²) < 4.78 is 5.04. The minimum Gasteiger partial charge on any atom is -0.472 e. The van der Waals surface area contributed by atoms with Crippen molar-refractivity contribution in [3.8, 4) is 0 Å². The Hall–Kier alpha value is -2.41. The van der Waals surface area contributed by atoms with E-state index in [4.69, 9.17) is 4.42 Å². The molecule has 0 spiro atoms. The number of aromatic nitrogens is 2. The number of thiophene rings is 1. The van der Waals surface area contributed by atoms with Crippen LogP contribution in [0.4, 0.5) is 5.82 Å². The van der Waals surface area contributed by atoms with Crippen molar-refractivity contribution in [2.75, 3.05) is 31.1 Å². The van der Waals surface area contributed by atoms with Gasteiger partial charge in [-0.2, -0.15) is 0 Å². The molecule has 6 nitrogen and oxygen atoms in total. The molecule has 134 valence electrons. The molecule has 2 aliphatic rings. The van der Waals surface area contributed by atoms with Crippen molar-refractivity contribution in [3.05, 3.63) is 40.9 Å². The zero-order valence-electron chi connectivity index (χ0n) is 14.5. The Balaban J connectivity index is 1.40. The van der Waals surface area contributed by atoms with Crippen molar-refractivity contribution >= 4 is 33.3 Å². The summed E-state index contributed by atoms with van der Waals surface area (Å²) in [6.07, 6.45) is 9.57. The predicted octanol–water partition coefficient (Wildman–Crippen LogP) is 3.13. The van der Waals surface area contributed by atoms with Crippen molar-refractivity contribution in [1.29, 1.82) is 0 Å². The molecule has 0 radical (unpaired) electrons. The van der Waals surface area contributed by atoms with Crippen LogP contribution in [0, 0.1) is 0 Å². The maximum atomic E-state index is 12.5. The van der Waals surface area contributed by atoms with Crippen LogP contribution in [0.3, 0.4) is 0 Å². The standard InChI is InChI=1S/C19H20N4O2S/c24-19(13-5-10-25-11-13)23-8-6-22(7-9-23)17-16-14-3-1-2-4-15(14)26-18(16)21-12-20-17/h5,10-12H,1-4,6-9H2. The van der Waals surface area contributed by atoms with Gasteiger partial charge in [0.1, 0.15) is 23.2 Å². The summed E-state index contributed by atoms with van der Waals surface area (Å²) >= 11 is 1.83. The van der Waals surface area contributed by atoms with Crippen LogP contribution in [0.5, 0.6) is 0 Å². The molecule has 0 aromatic carbocycles. The number of carbonyl (C=O) groups excluding carboxylic acids is 1. The van der Waals surface area contributed by atoms with Gasteiger partial charge < -0.3 is 14.2 Å². The van der Waals surface area contributed by atoms with Gasteiger partial charge in [-0.1, -0.05) is 0 Å². The Kier molecular flexibility index (Phi) is 3.89. The third kappa shape index (κ3) is 2.58. The van der Waals surface area contributed by atoms with Crippen molar-refractivity contribution in [3.63, 3.8) is 0 Å².